The normalized spacial score (nSPS) is 20.8. The van der Waals surface area contributed by atoms with E-state index in [1.54, 1.807) is 4.52 Å². The molecule has 1 unspecified atom stereocenters. The summed E-state index contributed by atoms with van der Waals surface area (Å²) in [5.41, 5.74) is 1.42. The fourth-order valence-electron chi connectivity index (χ4n) is 2.26. The fourth-order valence-corrected chi connectivity index (χ4v) is 3.04. The molecular weight excluding hydrogens is 251 g/mol. The van der Waals surface area contributed by atoms with E-state index < -0.39 is 12.1 Å². The maximum Gasteiger partial charge on any atom is 0.392 e. The third-order valence-corrected chi connectivity index (χ3v) is 3.94. The van der Waals surface area contributed by atoms with Gasteiger partial charge in [0.2, 0.25) is 4.96 Å². The molecule has 0 amide bonds. The van der Waals surface area contributed by atoms with Crippen LogP contribution >= 0.6 is 11.3 Å². The Morgan fingerprint density at radius 3 is 2.88 bits per heavy atom. The standard InChI is InChI=1S/C10H10F3N3S/c1-5-15-16-8-4-6(10(11,12)13)2-3-7(8)14-9(16)17-5/h6H,2-4H2,1H3. The highest BCUT2D eigenvalue weighted by Crippen LogP contribution is 2.37. The Morgan fingerprint density at radius 2 is 2.18 bits per heavy atom. The summed E-state index contributed by atoms with van der Waals surface area (Å²) in [5, 5.41) is 5.03. The van der Waals surface area contributed by atoms with Gasteiger partial charge in [0.15, 0.2) is 0 Å². The minimum Gasteiger partial charge on any atom is -0.222 e. The lowest BCUT2D eigenvalue weighted by molar-refractivity contribution is -0.177. The van der Waals surface area contributed by atoms with Crippen LogP contribution in [0.15, 0.2) is 0 Å². The molecule has 2 heterocycles. The number of fused-ring (bicyclic) bond motifs is 3. The topological polar surface area (TPSA) is 30.2 Å². The van der Waals surface area contributed by atoms with E-state index in [1.165, 1.54) is 11.3 Å². The molecule has 2 aromatic heterocycles. The molecule has 2 aromatic rings. The van der Waals surface area contributed by atoms with Gasteiger partial charge in [0.25, 0.3) is 0 Å². The summed E-state index contributed by atoms with van der Waals surface area (Å²) in [7, 11) is 0. The molecule has 0 spiro atoms. The number of alkyl halides is 3. The molecule has 1 aliphatic rings. The van der Waals surface area contributed by atoms with E-state index in [0.717, 1.165) is 10.7 Å². The van der Waals surface area contributed by atoms with E-state index in [4.69, 9.17) is 0 Å². The summed E-state index contributed by atoms with van der Waals surface area (Å²) < 4.78 is 39.7. The summed E-state index contributed by atoms with van der Waals surface area (Å²) in [5.74, 6) is -1.25. The van der Waals surface area contributed by atoms with Gasteiger partial charge in [-0.15, -0.1) is 0 Å². The van der Waals surface area contributed by atoms with Crippen LogP contribution in [0, 0.1) is 12.8 Å². The first kappa shape index (κ1) is 11.0. The molecule has 0 fully saturated rings. The molecule has 0 saturated heterocycles. The Labute approximate surface area is 99.3 Å². The molecule has 3 nitrogen and oxygen atoms in total. The van der Waals surface area contributed by atoms with Crippen molar-refractivity contribution in [2.75, 3.05) is 0 Å². The molecule has 1 aliphatic carbocycles. The van der Waals surface area contributed by atoms with Crippen LogP contribution in [0.2, 0.25) is 0 Å². The van der Waals surface area contributed by atoms with Crippen LogP contribution in [0.4, 0.5) is 13.2 Å². The van der Waals surface area contributed by atoms with Crippen molar-refractivity contribution in [1.29, 1.82) is 0 Å². The zero-order valence-electron chi connectivity index (χ0n) is 9.08. The Kier molecular flexibility index (Phi) is 2.23. The lowest BCUT2D eigenvalue weighted by atomic mass is 9.89. The van der Waals surface area contributed by atoms with Crippen LogP contribution in [0.3, 0.4) is 0 Å². The molecule has 0 aromatic carbocycles. The summed E-state index contributed by atoms with van der Waals surface area (Å²) in [6.07, 6.45) is -3.58. The van der Waals surface area contributed by atoms with Gasteiger partial charge in [-0.2, -0.15) is 18.3 Å². The molecule has 92 valence electrons. The average Bonchev–Trinajstić information content (AvgIpc) is 2.71. The lowest BCUT2D eigenvalue weighted by Crippen LogP contribution is -2.29. The number of imidazole rings is 1. The van der Waals surface area contributed by atoms with Crippen molar-refractivity contribution in [2.45, 2.75) is 32.4 Å². The predicted molar refractivity (Wildman–Crippen MR) is 57.2 cm³/mol. The Balaban J connectivity index is 2.05. The molecule has 0 N–H and O–H groups in total. The average molecular weight is 261 g/mol. The molecule has 0 aliphatic heterocycles. The summed E-state index contributed by atoms with van der Waals surface area (Å²) in [6, 6.07) is 0. The first-order chi connectivity index (χ1) is 7.95. The summed E-state index contributed by atoms with van der Waals surface area (Å²) in [6.45, 7) is 1.83. The molecule has 0 radical (unpaired) electrons. The smallest absolute Gasteiger partial charge is 0.222 e. The zero-order valence-corrected chi connectivity index (χ0v) is 9.90. The van der Waals surface area contributed by atoms with Crippen LogP contribution in [-0.2, 0) is 12.8 Å². The van der Waals surface area contributed by atoms with Gasteiger partial charge >= 0.3 is 6.18 Å². The van der Waals surface area contributed by atoms with Gasteiger partial charge in [0.1, 0.15) is 5.01 Å². The number of halogens is 3. The van der Waals surface area contributed by atoms with Crippen molar-refractivity contribution in [3.8, 4) is 0 Å². The second-order valence-corrected chi connectivity index (χ2v) is 5.46. The van der Waals surface area contributed by atoms with E-state index in [1.807, 2.05) is 6.92 Å². The first-order valence-electron chi connectivity index (χ1n) is 5.36. The van der Waals surface area contributed by atoms with Gasteiger partial charge in [0, 0.05) is 6.42 Å². The summed E-state index contributed by atoms with van der Waals surface area (Å²) >= 11 is 1.41. The molecule has 7 heteroatoms. The van der Waals surface area contributed by atoms with Crippen molar-refractivity contribution in [3.05, 3.63) is 16.4 Å². The second-order valence-electron chi connectivity index (χ2n) is 4.30. The van der Waals surface area contributed by atoms with E-state index >= 15 is 0 Å². The van der Waals surface area contributed by atoms with Crippen LogP contribution in [0.1, 0.15) is 22.8 Å². The lowest BCUT2D eigenvalue weighted by Gasteiger charge is -2.23. The number of rotatable bonds is 0. The fraction of sp³-hybridized carbons (Fsp3) is 0.600. The molecule has 17 heavy (non-hydrogen) atoms. The van der Waals surface area contributed by atoms with E-state index in [9.17, 15) is 13.2 Å². The maximum atomic E-state index is 12.7. The number of nitrogens with zero attached hydrogens (tertiary/aromatic N) is 3. The molecule has 0 bridgehead atoms. The predicted octanol–water partition coefficient (Wildman–Crippen LogP) is 2.77. The minimum absolute atomic E-state index is 0.00315. The Morgan fingerprint density at radius 1 is 1.41 bits per heavy atom. The highest BCUT2D eigenvalue weighted by atomic mass is 32.1. The van der Waals surface area contributed by atoms with E-state index in [-0.39, 0.29) is 12.8 Å². The quantitative estimate of drug-likeness (QED) is 0.730. The first-order valence-corrected chi connectivity index (χ1v) is 6.17. The SMILES string of the molecule is Cc1nn2c3c(nc2s1)CCC(C(F)(F)F)C3. The van der Waals surface area contributed by atoms with E-state index in [0.29, 0.717) is 17.1 Å². The highest BCUT2D eigenvalue weighted by molar-refractivity contribution is 7.16. The zero-order chi connectivity index (χ0) is 12.2. The van der Waals surface area contributed by atoms with Crippen molar-refractivity contribution in [1.82, 2.24) is 14.6 Å². The van der Waals surface area contributed by atoms with Gasteiger partial charge in [0.05, 0.1) is 17.3 Å². The van der Waals surface area contributed by atoms with Gasteiger partial charge in [-0.3, -0.25) is 0 Å². The Bertz CT molecular complexity index is 569. The largest absolute Gasteiger partial charge is 0.392 e. The van der Waals surface area contributed by atoms with Crippen molar-refractivity contribution >= 4 is 16.3 Å². The third kappa shape index (κ3) is 1.72. The number of aromatic nitrogens is 3. The van der Waals surface area contributed by atoms with Crippen LogP contribution in [0.5, 0.6) is 0 Å². The summed E-state index contributed by atoms with van der Waals surface area (Å²) in [4.78, 5) is 5.05. The number of aryl methyl sites for hydroxylation is 2. The maximum absolute atomic E-state index is 12.7. The van der Waals surface area contributed by atoms with Gasteiger partial charge in [-0.1, -0.05) is 11.3 Å². The van der Waals surface area contributed by atoms with Crippen LogP contribution < -0.4 is 0 Å². The van der Waals surface area contributed by atoms with Crippen LogP contribution in [0.25, 0.3) is 4.96 Å². The second kappa shape index (κ2) is 3.44. The van der Waals surface area contributed by atoms with Crippen molar-refractivity contribution in [2.24, 2.45) is 5.92 Å². The minimum atomic E-state index is -4.12. The molecule has 1 atom stereocenters. The van der Waals surface area contributed by atoms with Crippen molar-refractivity contribution in [3.63, 3.8) is 0 Å². The molecule has 0 saturated carbocycles. The van der Waals surface area contributed by atoms with Gasteiger partial charge in [-0.05, 0) is 19.8 Å². The van der Waals surface area contributed by atoms with Crippen LogP contribution in [-0.4, -0.2) is 20.8 Å². The molecular formula is C10H10F3N3S. The van der Waals surface area contributed by atoms with Gasteiger partial charge in [-0.25, -0.2) is 9.50 Å². The van der Waals surface area contributed by atoms with E-state index in [2.05, 4.69) is 10.1 Å². The van der Waals surface area contributed by atoms with Gasteiger partial charge < -0.3 is 0 Å². The number of hydrogen-bond acceptors (Lipinski definition) is 3. The Hall–Kier alpha value is -1.11. The monoisotopic (exact) mass is 261 g/mol. The number of hydrogen-bond donors (Lipinski definition) is 0. The molecule has 3 rings (SSSR count). The van der Waals surface area contributed by atoms with Crippen molar-refractivity contribution < 1.29 is 13.2 Å². The highest BCUT2D eigenvalue weighted by Gasteiger charge is 2.42. The third-order valence-electron chi connectivity index (χ3n) is 3.11.